The number of nitrogen functional groups attached to an aromatic ring is 1. The average Bonchev–Trinajstić information content (AvgIpc) is 3.29. The molecular weight excluding hydrogens is 785 g/mol. The third-order valence-corrected chi connectivity index (χ3v) is 14.1. The number of phenolic OH excluding ortho intramolecular Hbond substituents is 2. The normalized spacial score (nSPS) is 19.6. The average molecular weight is 849 g/mol. The number of phenols is 2. The van der Waals surface area contributed by atoms with Gasteiger partial charge in [0, 0.05) is 23.5 Å². The van der Waals surface area contributed by atoms with E-state index in [1.807, 2.05) is 55.5 Å². The van der Waals surface area contributed by atoms with Crippen molar-refractivity contribution in [2.24, 2.45) is 11.8 Å². The van der Waals surface area contributed by atoms with Crippen LogP contribution in [0.2, 0.25) is 0 Å². The summed E-state index contributed by atoms with van der Waals surface area (Å²) in [6.07, 6.45) is 20.2. The van der Waals surface area contributed by atoms with Crippen LogP contribution in [0.5, 0.6) is 34.5 Å². The molecule has 63 heavy (non-hydrogen) atoms. The number of ether oxygens (including phenoxy) is 2. The van der Waals surface area contributed by atoms with Crippen LogP contribution in [0.4, 0.5) is 17.1 Å². The molecule has 5 N–H and O–H groups in total. The van der Waals surface area contributed by atoms with E-state index in [1.165, 1.54) is 126 Å². The molecule has 8 nitrogen and oxygen atoms in total. The Balaban J connectivity index is 1.04. The van der Waals surface area contributed by atoms with Crippen LogP contribution in [0.3, 0.4) is 0 Å². The largest absolute Gasteiger partial charge is 0.504 e. The maximum atomic E-state index is 14.7. The maximum absolute atomic E-state index is 14.7. The number of benzene rings is 5. The van der Waals surface area contributed by atoms with Gasteiger partial charge in [-0.25, -0.2) is 0 Å². The minimum atomic E-state index is -0.709. The Kier molecular flexibility index (Phi) is 13.7. The van der Waals surface area contributed by atoms with Crippen LogP contribution in [0.1, 0.15) is 177 Å². The topological polar surface area (TPSA) is 131 Å². The molecule has 5 aromatic carbocycles. The second kappa shape index (κ2) is 19.7. The molecule has 0 aliphatic heterocycles. The van der Waals surface area contributed by atoms with Gasteiger partial charge in [-0.05, 0) is 129 Å². The molecule has 8 heteroatoms. The van der Waals surface area contributed by atoms with E-state index in [-0.39, 0.29) is 45.1 Å². The van der Waals surface area contributed by atoms with Gasteiger partial charge in [0.15, 0.2) is 23.0 Å². The highest BCUT2D eigenvalue weighted by Gasteiger charge is 2.40. The molecule has 3 aliphatic rings. The molecule has 0 amide bonds. The maximum Gasteiger partial charge on any atom is 0.200 e. The van der Waals surface area contributed by atoms with Crippen molar-refractivity contribution in [2.45, 2.75) is 135 Å². The molecule has 0 atom stereocenters. The number of ketones is 2. The van der Waals surface area contributed by atoms with E-state index in [0.29, 0.717) is 29.0 Å². The van der Waals surface area contributed by atoms with Crippen molar-refractivity contribution in [3.05, 3.63) is 124 Å². The summed E-state index contributed by atoms with van der Waals surface area (Å²) >= 11 is 0. The number of nitrogens with one attached hydrogen (secondary N) is 1. The second-order valence-electron chi connectivity index (χ2n) is 18.5. The lowest BCUT2D eigenvalue weighted by Crippen LogP contribution is -2.24. The summed E-state index contributed by atoms with van der Waals surface area (Å²) in [7, 11) is 0. The van der Waals surface area contributed by atoms with Crippen LogP contribution in [-0.4, -0.2) is 21.8 Å². The minimum Gasteiger partial charge on any atom is -0.504 e. The van der Waals surface area contributed by atoms with Crippen molar-refractivity contribution >= 4 is 28.6 Å². The Morgan fingerprint density at radius 2 is 1.02 bits per heavy atom. The van der Waals surface area contributed by atoms with Gasteiger partial charge in [-0.15, -0.1) is 0 Å². The number of carbonyl (C=O) groups excluding carboxylic acids is 2. The van der Waals surface area contributed by atoms with Crippen molar-refractivity contribution < 1.29 is 29.3 Å². The number of unbranched alkanes of at least 4 members (excludes halogenated alkanes) is 4. The van der Waals surface area contributed by atoms with Gasteiger partial charge in [-0.3, -0.25) is 9.59 Å². The fourth-order valence-corrected chi connectivity index (χ4v) is 10.3. The summed E-state index contributed by atoms with van der Waals surface area (Å²) in [4.78, 5) is 29.2. The predicted octanol–water partition coefficient (Wildman–Crippen LogP) is 14.8. The van der Waals surface area contributed by atoms with E-state index >= 15 is 0 Å². The number of carbonyl (C=O) groups is 2. The molecule has 0 bridgehead atoms. The number of fused-ring (bicyclic) bond motifs is 2. The lowest BCUT2D eigenvalue weighted by atomic mass is 9.77. The van der Waals surface area contributed by atoms with E-state index in [2.05, 4.69) is 43.4 Å². The highest BCUT2D eigenvalue weighted by molar-refractivity contribution is 6.34. The first-order valence-electron chi connectivity index (χ1n) is 23.7. The molecule has 0 spiro atoms. The van der Waals surface area contributed by atoms with Crippen molar-refractivity contribution in [2.75, 3.05) is 11.1 Å². The monoisotopic (exact) mass is 848 g/mol. The number of hydrogen-bond donors (Lipinski definition) is 4. The molecule has 0 unspecified atom stereocenters. The molecule has 2 fully saturated rings. The first kappa shape index (κ1) is 43.9. The van der Waals surface area contributed by atoms with Gasteiger partial charge in [-0.2, -0.15) is 0 Å². The molecule has 0 radical (unpaired) electrons. The number of nitrogens with two attached hydrogens (primary N) is 1. The molecule has 8 rings (SSSR count). The molecule has 0 heterocycles. The fourth-order valence-electron chi connectivity index (χ4n) is 10.3. The van der Waals surface area contributed by atoms with Crippen LogP contribution in [-0.2, 0) is 0 Å². The van der Waals surface area contributed by atoms with Crippen LogP contribution >= 0.6 is 0 Å². The number of rotatable bonds is 16. The number of aryl methyl sites for hydroxylation is 1. The molecule has 0 saturated heterocycles. The summed E-state index contributed by atoms with van der Waals surface area (Å²) in [5.41, 5.74) is 10.1. The van der Waals surface area contributed by atoms with Crippen LogP contribution in [0, 0.1) is 18.8 Å². The van der Waals surface area contributed by atoms with Gasteiger partial charge in [0.1, 0.15) is 11.5 Å². The molecule has 0 aromatic heterocycles. The number of hydrogen-bond acceptors (Lipinski definition) is 8. The predicted molar refractivity (Wildman–Crippen MR) is 253 cm³/mol. The lowest BCUT2D eigenvalue weighted by Gasteiger charge is -2.29. The van der Waals surface area contributed by atoms with E-state index in [9.17, 15) is 19.8 Å². The van der Waals surface area contributed by atoms with Crippen LogP contribution in [0.15, 0.2) is 84.9 Å². The fraction of sp³-hybridized carbons (Fsp3) is 0.418. The molecule has 330 valence electrons. The number of anilines is 3. The molecule has 2 saturated carbocycles. The summed E-state index contributed by atoms with van der Waals surface area (Å²) in [6, 6.07) is 26.3. The highest BCUT2D eigenvalue weighted by atomic mass is 16.5. The van der Waals surface area contributed by atoms with Crippen molar-refractivity contribution in [1.29, 1.82) is 0 Å². The van der Waals surface area contributed by atoms with Crippen LogP contribution in [0.25, 0.3) is 0 Å². The quantitative estimate of drug-likeness (QED) is 0.0430. The molecular formula is C55H64N2O6. The highest BCUT2D eigenvalue weighted by Crippen LogP contribution is 2.50. The van der Waals surface area contributed by atoms with Gasteiger partial charge >= 0.3 is 0 Å². The van der Waals surface area contributed by atoms with E-state index in [1.54, 1.807) is 0 Å². The van der Waals surface area contributed by atoms with E-state index in [0.717, 1.165) is 17.4 Å². The summed E-state index contributed by atoms with van der Waals surface area (Å²) < 4.78 is 12.5. The van der Waals surface area contributed by atoms with Gasteiger partial charge in [0.05, 0.1) is 27.9 Å². The minimum absolute atomic E-state index is 0.000453. The zero-order chi connectivity index (χ0) is 44.0. The smallest absolute Gasteiger partial charge is 0.200 e. The number of aromatic hydroxyl groups is 2. The standard InChI is InChI=1S/C55H64N2O6/c1-4-6-8-10-35-14-18-37(19-15-35)39-22-28-42(29-23-39)62-46-32-44(56)48-50(52(46)58)55(61)49-45(57-41-26-12-34(3)13-27-41)33-47(53(59)51(49)54(48)60)63-43-30-24-40(25-31-43)38-20-16-36(17-21-38)11-9-7-5-2/h12-13,22-33,35-38,57-59H,4-11,14-21,56H2,1-3H3. The molecule has 5 aromatic rings. The first-order chi connectivity index (χ1) is 30.6. The summed E-state index contributed by atoms with van der Waals surface area (Å²) in [5, 5.41) is 26.9. The Morgan fingerprint density at radius 1 is 0.571 bits per heavy atom. The van der Waals surface area contributed by atoms with Crippen LogP contribution < -0.4 is 20.5 Å². The van der Waals surface area contributed by atoms with Crippen molar-refractivity contribution in [3.8, 4) is 34.5 Å². The van der Waals surface area contributed by atoms with Gasteiger partial charge in [0.25, 0.3) is 0 Å². The Hall–Kier alpha value is -5.76. The SMILES string of the molecule is CCCCCC1CCC(c2ccc(Oc3cc(N)c4c(c3O)C(=O)c3c(Nc5ccc(C)cc5)cc(Oc5ccc(C6CCC(CCCCC)CC6)cc5)c(O)c3C4=O)cc2)CC1. The van der Waals surface area contributed by atoms with E-state index < -0.39 is 23.1 Å². The van der Waals surface area contributed by atoms with Gasteiger partial charge < -0.3 is 30.7 Å². The molecule has 3 aliphatic carbocycles. The zero-order valence-electron chi connectivity index (χ0n) is 37.3. The zero-order valence-corrected chi connectivity index (χ0v) is 37.3. The van der Waals surface area contributed by atoms with Crippen molar-refractivity contribution in [1.82, 2.24) is 0 Å². The Morgan fingerprint density at radius 3 is 1.49 bits per heavy atom. The Labute approximate surface area is 373 Å². The third kappa shape index (κ3) is 9.75. The second-order valence-corrected chi connectivity index (χ2v) is 18.5. The first-order valence-corrected chi connectivity index (χ1v) is 23.7. The van der Waals surface area contributed by atoms with E-state index in [4.69, 9.17) is 15.2 Å². The summed E-state index contributed by atoms with van der Waals surface area (Å²) in [5.74, 6) is 1.17. The van der Waals surface area contributed by atoms with Crippen molar-refractivity contribution in [3.63, 3.8) is 0 Å². The van der Waals surface area contributed by atoms with Gasteiger partial charge in [-0.1, -0.05) is 107 Å². The lowest BCUT2D eigenvalue weighted by molar-refractivity contribution is 0.0974. The third-order valence-electron chi connectivity index (χ3n) is 14.1. The van der Waals surface area contributed by atoms with Gasteiger partial charge in [0.2, 0.25) is 11.6 Å². The Bertz CT molecular complexity index is 2390. The summed E-state index contributed by atoms with van der Waals surface area (Å²) in [6.45, 7) is 6.49.